The Morgan fingerprint density at radius 2 is 1.84 bits per heavy atom. The Morgan fingerprint density at radius 1 is 1.08 bits per heavy atom. The first kappa shape index (κ1) is 26.2. The van der Waals surface area contributed by atoms with Crippen LogP contribution in [0.1, 0.15) is 31.4 Å². The van der Waals surface area contributed by atoms with Gasteiger partial charge in [0, 0.05) is 11.4 Å². The molecule has 0 saturated heterocycles. The minimum absolute atomic E-state index is 0.00300. The highest BCUT2D eigenvalue weighted by molar-refractivity contribution is 6.00. The van der Waals surface area contributed by atoms with Gasteiger partial charge in [0.25, 0.3) is 0 Å². The number of aliphatic imine (C=N–C) groups is 1. The summed E-state index contributed by atoms with van der Waals surface area (Å²) in [6, 6.07) is 14.3. The predicted molar refractivity (Wildman–Crippen MR) is 148 cm³/mol. The molecule has 0 spiro atoms. The number of amides is 3. The Kier molecular flexibility index (Phi) is 8.40. The van der Waals surface area contributed by atoms with E-state index in [0.29, 0.717) is 11.6 Å². The van der Waals surface area contributed by atoms with Crippen LogP contribution in [0.5, 0.6) is 0 Å². The molecule has 37 heavy (non-hydrogen) atoms. The normalized spacial score (nSPS) is 18.8. The fourth-order valence-corrected chi connectivity index (χ4v) is 4.49. The van der Waals surface area contributed by atoms with Gasteiger partial charge in [-0.3, -0.25) is 9.79 Å². The number of benzene rings is 2. The van der Waals surface area contributed by atoms with Crippen molar-refractivity contribution >= 4 is 29.1 Å². The van der Waals surface area contributed by atoms with Crippen molar-refractivity contribution in [3.05, 3.63) is 83.5 Å². The van der Waals surface area contributed by atoms with Crippen molar-refractivity contribution in [2.75, 3.05) is 17.2 Å². The smallest absolute Gasteiger partial charge is 0.323 e. The van der Waals surface area contributed by atoms with E-state index in [1.54, 1.807) is 12.1 Å². The predicted octanol–water partition coefficient (Wildman–Crippen LogP) is 3.94. The molecule has 1 aliphatic carbocycles. The molecular formula is C29H35N5O3. The second-order valence-electron chi connectivity index (χ2n) is 9.95. The molecule has 8 heteroatoms. The highest BCUT2D eigenvalue weighted by atomic mass is 16.3. The van der Waals surface area contributed by atoms with Crippen molar-refractivity contribution in [3.63, 3.8) is 0 Å². The molecule has 1 aliphatic heterocycles. The van der Waals surface area contributed by atoms with Gasteiger partial charge in [0.2, 0.25) is 5.91 Å². The third-order valence-electron chi connectivity index (χ3n) is 6.40. The zero-order chi connectivity index (χ0) is 26.4. The quantitative estimate of drug-likeness (QED) is 0.358. The summed E-state index contributed by atoms with van der Waals surface area (Å²) >= 11 is 0. The lowest BCUT2D eigenvalue weighted by molar-refractivity contribution is -0.120. The monoisotopic (exact) mass is 501 g/mol. The van der Waals surface area contributed by atoms with Crippen LogP contribution in [-0.4, -0.2) is 47.6 Å². The number of urea groups is 1. The Morgan fingerprint density at radius 3 is 2.54 bits per heavy atom. The number of hydrogen-bond acceptors (Lipinski definition) is 5. The molecular weight excluding hydrogens is 466 g/mol. The lowest BCUT2D eigenvalue weighted by atomic mass is 9.99. The van der Waals surface area contributed by atoms with Crippen LogP contribution < -0.4 is 21.3 Å². The zero-order valence-corrected chi connectivity index (χ0v) is 21.5. The highest BCUT2D eigenvalue weighted by Gasteiger charge is 2.32. The first-order valence-corrected chi connectivity index (χ1v) is 12.7. The van der Waals surface area contributed by atoms with Gasteiger partial charge >= 0.3 is 6.03 Å². The summed E-state index contributed by atoms with van der Waals surface area (Å²) in [7, 11) is 0. The lowest BCUT2D eigenvalue weighted by Crippen LogP contribution is -2.48. The number of para-hydroxylation sites is 1. The van der Waals surface area contributed by atoms with E-state index in [1.165, 1.54) is 0 Å². The number of aryl methyl sites for hydroxylation is 1. The zero-order valence-electron chi connectivity index (χ0n) is 21.5. The van der Waals surface area contributed by atoms with Gasteiger partial charge in [-0.05, 0) is 54.2 Å². The summed E-state index contributed by atoms with van der Waals surface area (Å²) in [4.78, 5) is 30.1. The number of amidine groups is 1. The molecule has 2 aliphatic rings. The molecule has 0 bridgehead atoms. The molecule has 3 unspecified atom stereocenters. The fourth-order valence-electron chi connectivity index (χ4n) is 4.49. The topological polar surface area (TPSA) is 115 Å². The van der Waals surface area contributed by atoms with Gasteiger partial charge in [-0.2, -0.15) is 0 Å². The number of carbonyl (C=O) groups excluding carboxylic acids is 2. The maximum Gasteiger partial charge on any atom is 0.323 e. The van der Waals surface area contributed by atoms with Crippen LogP contribution >= 0.6 is 0 Å². The number of carbonyl (C=O) groups is 2. The number of nitrogens with one attached hydrogen (secondary N) is 4. The number of hydrogen-bond donors (Lipinski definition) is 5. The van der Waals surface area contributed by atoms with E-state index in [9.17, 15) is 14.7 Å². The number of aliphatic hydroxyl groups excluding tert-OH is 1. The summed E-state index contributed by atoms with van der Waals surface area (Å²) in [6.45, 7) is 6.16. The van der Waals surface area contributed by atoms with Gasteiger partial charge in [0.15, 0.2) is 0 Å². The van der Waals surface area contributed by atoms with E-state index < -0.39 is 0 Å². The Hall–Kier alpha value is -3.91. The standard InChI is InChI=1S/C29H35N5O3/c1-18(2)14-26(28-32-24-13-10-21(17-35)15-25(24)33-28)31-27(36)16-20-8-11-22(12-9-20)30-29(37)34-23-7-5-4-6-19(23)3/h4-13,15,18,24-26,35H,14,16-17H2,1-3H3,(H,31,36)(H,32,33)(H2,30,34,37). The average molecular weight is 502 g/mol. The van der Waals surface area contributed by atoms with E-state index in [1.807, 2.05) is 61.5 Å². The van der Waals surface area contributed by atoms with E-state index in [4.69, 9.17) is 4.99 Å². The maximum atomic E-state index is 12.9. The van der Waals surface area contributed by atoms with Crippen LogP contribution in [0.4, 0.5) is 16.2 Å². The minimum atomic E-state index is -0.322. The molecule has 1 heterocycles. The van der Waals surface area contributed by atoms with Crippen LogP contribution in [0.3, 0.4) is 0 Å². The molecule has 0 saturated carbocycles. The molecule has 3 amide bonds. The Labute approximate surface area is 218 Å². The Bertz CT molecular complexity index is 1220. The van der Waals surface area contributed by atoms with Crippen molar-refractivity contribution in [2.24, 2.45) is 10.9 Å². The molecule has 2 aromatic carbocycles. The molecule has 4 rings (SSSR count). The van der Waals surface area contributed by atoms with E-state index in [2.05, 4.69) is 35.1 Å². The van der Waals surface area contributed by atoms with E-state index >= 15 is 0 Å². The van der Waals surface area contributed by atoms with Crippen molar-refractivity contribution < 1.29 is 14.7 Å². The van der Waals surface area contributed by atoms with Crippen LogP contribution in [0.2, 0.25) is 0 Å². The van der Waals surface area contributed by atoms with Crippen molar-refractivity contribution in [3.8, 4) is 0 Å². The van der Waals surface area contributed by atoms with Crippen LogP contribution in [0.25, 0.3) is 0 Å². The fraction of sp³-hybridized carbons (Fsp3) is 0.345. The highest BCUT2D eigenvalue weighted by Crippen LogP contribution is 2.21. The van der Waals surface area contributed by atoms with Crippen molar-refractivity contribution in [1.82, 2.24) is 10.6 Å². The van der Waals surface area contributed by atoms with E-state index in [0.717, 1.165) is 34.6 Å². The summed E-state index contributed by atoms with van der Waals surface area (Å²) in [5.74, 6) is 1.05. The summed E-state index contributed by atoms with van der Waals surface area (Å²) in [5, 5.41) is 21.7. The third kappa shape index (κ3) is 7.07. The van der Waals surface area contributed by atoms with Gasteiger partial charge in [-0.1, -0.05) is 62.4 Å². The summed E-state index contributed by atoms with van der Waals surface area (Å²) in [5.41, 5.74) is 4.09. The second-order valence-corrected chi connectivity index (χ2v) is 9.95. The number of nitrogens with zero attached hydrogens (tertiary/aromatic N) is 1. The Balaban J connectivity index is 1.33. The molecule has 2 aromatic rings. The lowest BCUT2D eigenvalue weighted by Gasteiger charge is -2.22. The minimum Gasteiger partial charge on any atom is -0.392 e. The SMILES string of the molecule is Cc1ccccc1NC(=O)Nc1ccc(CC(=O)NC(CC(C)C)C2=NC3C=CC(CO)=CC3N2)cc1. The molecule has 0 radical (unpaired) electrons. The summed E-state index contributed by atoms with van der Waals surface area (Å²) in [6.07, 6.45) is 6.86. The number of anilines is 2. The third-order valence-corrected chi connectivity index (χ3v) is 6.40. The number of fused-ring (bicyclic) bond motifs is 1. The van der Waals surface area contributed by atoms with Crippen molar-refractivity contribution in [1.29, 1.82) is 0 Å². The van der Waals surface area contributed by atoms with Gasteiger partial charge < -0.3 is 26.4 Å². The molecule has 5 N–H and O–H groups in total. The molecule has 0 fully saturated rings. The molecule has 194 valence electrons. The molecule has 8 nitrogen and oxygen atoms in total. The van der Waals surface area contributed by atoms with Crippen LogP contribution in [0, 0.1) is 12.8 Å². The molecule has 3 atom stereocenters. The maximum absolute atomic E-state index is 12.9. The first-order chi connectivity index (χ1) is 17.8. The molecule has 0 aromatic heterocycles. The van der Waals surface area contributed by atoms with E-state index in [-0.39, 0.29) is 43.1 Å². The van der Waals surface area contributed by atoms with Crippen molar-refractivity contribution in [2.45, 2.75) is 51.7 Å². The van der Waals surface area contributed by atoms with Gasteiger partial charge in [0.1, 0.15) is 5.84 Å². The van der Waals surface area contributed by atoms with Crippen LogP contribution in [-0.2, 0) is 11.2 Å². The average Bonchev–Trinajstić information content (AvgIpc) is 3.29. The van der Waals surface area contributed by atoms with Gasteiger partial charge in [-0.15, -0.1) is 0 Å². The first-order valence-electron chi connectivity index (χ1n) is 12.7. The van der Waals surface area contributed by atoms with Gasteiger partial charge in [0.05, 0.1) is 31.2 Å². The van der Waals surface area contributed by atoms with Gasteiger partial charge in [-0.25, -0.2) is 4.79 Å². The largest absolute Gasteiger partial charge is 0.392 e. The number of aliphatic hydroxyl groups is 1. The number of rotatable bonds is 9. The van der Waals surface area contributed by atoms with Crippen LogP contribution in [0.15, 0.2) is 77.3 Å². The second kappa shape index (κ2) is 11.9. The summed E-state index contributed by atoms with van der Waals surface area (Å²) < 4.78 is 0.